The van der Waals surface area contributed by atoms with Crippen molar-refractivity contribution in [3.63, 3.8) is 0 Å². The first kappa shape index (κ1) is 12.6. The molecule has 2 aliphatic rings. The molecule has 0 saturated carbocycles. The third-order valence-electron chi connectivity index (χ3n) is 4.66. The number of aromatic nitrogens is 1. The first-order chi connectivity index (χ1) is 8.79. The molecule has 1 aromatic rings. The van der Waals surface area contributed by atoms with Gasteiger partial charge in [-0.25, -0.2) is 0 Å². The molecule has 2 fully saturated rings. The Morgan fingerprint density at radius 2 is 2.33 bits per heavy atom. The second kappa shape index (κ2) is 5.27. The molecule has 100 valence electrons. The van der Waals surface area contributed by atoms with Crippen molar-refractivity contribution in [2.45, 2.75) is 38.6 Å². The van der Waals surface area contributed by atoms with Crippen LogP contribution in [0.5, 0.6) is 0 Å². The van der Waals surface area contributed by atoms with Crippen molar-refractivity contribution >= 4 is 11.3 Å². The van der Waals surface area contributed by atoms with Crippen LogP contribution in [0.3, 0.4) is 0 Å². The van der Waals surface area contributed by atoms with Crippen LogP contribution in [0.15, 0.2) is 11.7 Å². The molecule has 3 rings (SSSR count). The number of hydrogen-bond acceptors (Lipinski definition) is 4. The molecule has 3 nitrogen and oxygen atoms in total. The van der Waals surface area contributed by atoms with Gasteiger partial charge >= 0.3 is 0 Å². The molecule has 0 aromatic carbocycles. The monoisotopic (exact) mass is 265 g/mol. The topological polar surface area (TPSA) is 28.2 Å². The van der Waals surface area contributed by atoms with Crippen LogP contribution in [0.25, 0.3) is 0 Å². The lowest BCUT2D eigenvalue weighted by atomic mass is 9.74. The lowest BCUT2D eigenvalue weighted by Gasteiger charge is -2.47. The number of nitrogens with zero attached hydrogens (tertiary/aromatic N) is 2. The maximum atomic E-state index is 4.22. The summed E-state index contributed by atoms with van der Waals surface area (Å²) in [5.74, 6) is 0. The van der Waals surface area contributed by atoms with Gasteiger partial charge in [0.05, 0.1) is 5.51 Å². The minimum Gasteiger partial charge on any atom is -0.316 e. The van der Waals surface area contributed by atoms with Crippen LogP contribution in [0.2, 0.25) is 0 Å². The van der Waals surface area contributed by atoms with Gasteiger partial charge in [0.1, 0.15) is 0 Å². The Morgan fingerprint density at radius 1 is 1.44 bits per heavy atom. The molecular weight excluding hydrogens is 242 g/mol. The molecule has 2 saturated heterocycles. The number of nitrogens with one attached hydrogen (secondary N) is 1. The first-order valence-electron chi connectivity index (χ1n) is 7.12. The largest absolute Gasteiger partial charge is 0.316 e. The Hall–Kier alpha value is -0.450. The van der Waals surface area contributed by atoms with Crippen molar-refractivity contribution in [1.29, 1.82) is 0 Å². The summed E-state index contributed by atoms with van der Waals surface area (Å²) in [7, 11) is 0. The normalized spacial score (nSPS) is 31.6. The Kier molecular flexibility index (Phi) is 3.68. The fraction of sp³-hybridized carbons (Fsp3) is 0.786. The molecule has 2 aliphatic heterocycles. The summed E-state index contributed by atoms with van der Waals surface area (Å²) in [4.78, 5) is 8.31. The van der Waals surface area contributed by atoms with E-state index in [9.17, 15) is 0 Å². The summed E-state index contributed by atoms with van der Waals surface area (Å²) < 4.78 is 0. The predicted octanol–water partition coefficient (Wildman–Crippen LogP) is 2.67. The molecule has 1 aromatic heterocycles. The molecular formula is C14H23N3S. The van der Waals surface area contributed by atoms with Crippen LogP contribution in [-0.2, 0) is 0 Å². The minimum atomic E-state index is 0.539. The summed E-state index contributed by atoms with van der Waals surface area (Å²) in [6.45, 7) is 7.29. The van der Waals surface area contributed by atoms with Gasteiger partial charge in [-0.2, -0.15) is 0 Å². The maximum Gasteiger partial charge on any atom is 0.0794 e. The second-order valence-electron chi connectivity index (χ2n) is 5.93. The van der Waals surface area contributed by atoms with Crippen molar-refractivity contribution in [3.05, 3.63) is 16.6 Å². The zero-order chi connectivity index (χ0) is 12.4. The van der Waals surface area contributed by atoms with E-state index in [1.54, 1.807) is 11.3 Å². The van der Waals surface area contributed by atoms with Crippen LogP contribution in [0.1, 0.15) is 43.5 Å². The van der Waals surface area contributed by atoms with Gasteiger partial charge in [-0.3, -0.25) is 9.88 Å². The van der Waals surface area contributed by atoms with Gasteiger partial charge < -0.3 is 5.32 Å². The zero-order valence-corrected chi connectivity index (χ0v) is 12.0. The SMILES string of the molecule is CC(c1cncs1)N1CCCC2(CCCNC2)C1. The number of rotatable bonds is 2. The van der Waals surface area contributed by atoms with E-state index >= 15 is 0 Å². The highest BCUT2D eigenvalue weighted by Crippen LogP contribution is 2.39. The van der Waals surface area contributed by atoms with Crippen molar-refractivity contribution in [2.75, 3.05) is 26.2 Å². The molecule has 1 N–H and O–H groups in total. The Balaban J connectivity index is 1.70. The van der Waals surface area contributed by atoms with E-state index in [0.29, 0.717) is 11.5 Å². The molecule has 2 atom stereocenters. The lowest BCUT2D eigenvalue weighted by molar-refractivity contribution is 0.0424. The average Bonchev–Trinajstić information content (AvgIpc) is 2.93. The van der Waals surface area contributed by atoms with Crippen LogP contribution in [0.4, 0.5) is 0 Å². The van der Waals surface area contributed by atoms with Crippen LogP contribution < -0.4 is 5.32 Å². The highest BCUT2D eigenvalue weighted by molar-refractivity contribution is 7.09. The molecule has 0 aliphatic carbocycles. The van der Waals surface area contributed by atoms with E-state index in [-0.39, 0.29) is 0 Å². The van der Waals surface area contributed by atoms with Gasteiger partial charge in [0.15, 0.2) is 0 Å². The number of thiazole rings is 1. The molecule has 3 heterocycles. The third kappa shape index (κ3) is 2.46. The lowest BCUT2D eigenvalue weighted by Crippen LogP contribution is -2.51. The molecule has 18 heavy (non-hydrogen) atoms. The standard InChI is InChI=1S/C14H23N3S/c1-12(13-8-16-11-18-13)17-7-3-5-14(10-17)4-2-6-15-9-14/h8,11-12,15H,2-7,9-10H2,1H3. The van der Waals surface area contributed by atoms with Gasteiger partial charge in [-0.15, -0.1) is 11.3 Å². The highest BCUT2D eigenvalue weighted by atomic mass is 32.1. The third-order valence-corrected chi connectivity index (χ3v) is 5.61. The van der Waals surface area contributed by atoms with E-state index in [1.165, 1.54) is 56.7 Å². The average molecular weight is 265 g/mol. The number of piperidine rings is 2. The molecule has 0 radical (unpaired) electrons. The zero-order valence-electron chi connectivity index (χ0n) is 11.2. The van der Waals surface area contributed by atoms with E-state index in [4.69, 9.17) is 0 Å². The summed E-state index contributed by atoms with van der Waals surface area (Å²) in [5.41, 5.74) is 2.50. The molecule has 4 heteroatoms. The van der Waals surface area contributed by atoms with Gasteiger partial charge in [-0.05, 0) is 51.1 Å². The molecule has 0 bridgehead atoms. The van der Waals surface area contributed by atoms with Crippen molar-refractivity contribution in [3.8, 4) is 0 Å². The highest BCUT2D eigenvalue weighted by Gasteiger charge is 2.38. The Morgan fingerprint density at radius 3 is 3.06 bits per heavy atom. The Bertz CT molecular complexity index is 365. The van der Waals surface area contributed by atoms with E-state index < -0.39 is 0 Å². The van der Waals surface area contributed by atoms with Crippen LogP contribution in [0, 0.1) is 5.41 Å². The molecule has 0 amide bonds. The molecule has 1 spiro atoms. The molecule has 2 unspecified atom stereocenters. The van der Waals surface area contributed by atoms with Crippen molar-refractivity contribution in [2.24, 2.45) is 5.41 Å². The number of likely N-dealkylation sites (tertiary alicyclic amines) is 1. The quantitative estimate of drug-likeness (QED) is 0.891. The fourth-order valence-electron chi connectivity index (χ4n) is 3.57. The van der Waals surface area contributed by atoms with E-state index in [2.05, 4.69) is 22.1 Å². The summed E-state index contributed by atoms with van der Waals surface area (Å²) in [6, 6.07) is 0.539. The van der Waals surface area contributed by atoms with Crippen molar-refractivity contribution < 1.29 is 0 Å². The maximum absolute atomic E-state index is 4.22. The minimum absolute atomic E-state index is 0.539. The Labute approximate surface area is 114 Å². The van der Waals surface area contributed by atoms with Gasteiger partial charge in [-0.1, -0.05) is 0 Å². The van der Waals surface area contributed by atoms with Crippen molar-refractivity contribution in [1.82, 2.24) is 15.2 Å². The van der Waals surface area contributed by atoms with Gasteiger partial charge in [0.25, 0.3) is 0 Å². The van der Waals surface area contributed by atoms with Gasteiger partial charge in [0.2, 0.25) is 0 Å². The van der Waals surface area contributed by atoms with E-state index in [1.807, 2.05) is 11.7 Å². The fourth-order valence-corrected chi connectivity index (χ4v) is 4.28. The number of hydrogen-bond donors (Lipinski definition) is 1. The van der Waals surface area contributed by atoms with Gasteiger partial charge in [0, 0.05) is 30.2 Å². The second-order valence-corrected chi connectivity index (χ2v) is 6.85. The summed E-state index contributed by atoms with van der Waals surface area (Å²) in [5, 5.41) is 3.60. The summed E-state index contributed by atoms with van der Waals surface area (Å²) in [6.07, 6.45) is 7.56. The predicted molar refractivity (Wildman–Crippen MR) is 75.9 cm³/mol. The summed E-state index contributed by atoms with van der Waals surface area (Å²) >= 11 is 1.79. The van der Waals surface area contributed by atoms with Crippen LogP contribution >= 0.6 is 11.3 Å². The van der Waals surface area contributed by atoms with Crippen LogP contribution in [-0.4, -0.2) is 36.1 Å². The first-order valence-corrected chi connectivity index (χ1v) is 8.00. The smallest absolute Gasteiger partial charge is 0.0794 e. The van der Waals surface area contributed by atoms with E-state index in [0.717, 1.165) is 0 Å².